The normalized spacial score (nSPS) is 23.2. The average molecular weight is 1290 g/mol. The van der Waals surface area contributed by atoms with Gasteiger partial charge in [0.2, 0.25) is 11.8 Å². The van der Waals surface area contributed by atoms with Crippen molar-refractivity contribution in [3.63, 3.8) is 0 Å². The van der Waals surface area contributed by atoms with Gasteiger partial charge in [0, 0.05) is 110 Å². The summed E-state index contributed by atoms with van der Waals surface area (Å²) in [5.74, 6) is 1.55. The molecular formula is C54H60Br4Cl2N8O5. The van der Waals surface area contributed by atoms with Gasteiger partial charge in [-0.2, -0.15) is 0 Å². The third-order valence-corrected chi connectivity index (χ3v) is 18.6. The molecule has 0 radical (unpaired) electrons. The smallest absolute Gasteiger partial charge is 0.318 e. The molecule has 2 aromatic heterocycles. The van der Waals surface area contributed by atoms with Crippen LogP contribution in [0.25, 0.3) is 0 Å². The van der Waals surface area contributed by atoms with Crippen LogP contribution in [0.3, 0.4) is 0 Å². The molecule has 10 rings (SSSR count). The van der Waals surface area contributed by atoms with Crippen LogP contribution in [-0.4, -0.2) is 104 Å². The van der Waals surface area contributed by atoms with Crippen molar-refractivity contribution in [2.75, 3.05) is 39.3 Å². The molecule has 6 heterocycles. The number of aliphatic hydroxyl groups is 1. The summed E-state index contributed by atoms with van der Waals surface area (Å²) < 4.78 is 4.05. The van der Waals surface area contributed by atoms with Crippen molar-refractivity contribution in [2.24, 2.45) is 35.1 Å². The van der Waals surface area contributed by atoms with Gasteiger partial charge >= 0.3 is 12.1 Å². The minimum Gasteiger partial charge on any atom is -0.373 e. The molecule has 3 saturated heterocycles. The Labute approximate surface area is 470 Å². The Bertz CT molecular complexity index is 2790. The number of carbonyl (C=O) groups excluding carboxylic acids is 4. The lowest BCUT2D eigenvalue weighted by Gasteiger charge is -2.39. The Balaban J connectivity index is 0.000000180. The van der Waals surface area contributed by atoms with Crippen LogP contribution in [0.5, 0.6) is 0 Å². The first-order valence-electron chi connectivity index (χ1n) is 25.3. The minimum absolute atomic E-state index is 0.0554. The zero-order chi connectivity index (χ0) is 51.7. The monoisotopic (exact) mass is 1290 g/mol. The summed E-state index contributed by atoms with van der Waals surface area (Å²) in [6.07, 6.45) is 16.5. The SMILES string of the molecule is NC(=O)N1C=CC(CC(=O)N2CCC([C@H]3c4ncc(Br)cc4CCc4cc(Cl)cc(Br)c43)CC2)CC1.NC(=O)N1CCC(CC(=O)N2CCC([C@H]3c4ncc(Br)cc4CCc4cc(Cl)cc(Br)c43)CC2)CC1O. The van der Waals surface area contributed by atoms with E-state index < -0.39 is 18.3 Å². The van der Waals surface area contributed by atoms with Gasteiger partial charge in [-0.15, -0.1) is 0 Å². The van der Waals surface area contributed by atoms with Crippen LogP contribution in [0.1, 0.15) is 114 Å². The standard InChI is InChI=1S/C27H31Br2ClN4O3.C27H29Br2ClN4O2/c28-19-11-18-2-1-17-12-20(30)13-21(29)24(17)25(26(18)32-14-19)16-4-6-33(7-5-16)22(35)9-15-3-8-34(27(31)37)23(36)10-15;28-20-12-19-2-1-18-13-21(30)14-22(29)24(18)25(26(19)32-15-20)17-5-9-33(10-6-17)23(35)11-16-3-7-34(8-4-16)27(31)36/h11-16,23,25,36H,1-10H2,(H2,31,37);3,7,12-17,25H,1-2,4-6,8-11H2,(H2,31,36)/t15?,23?,25-;16?,25-/m11/s1. The first kappa shape index (κ1) is 54.2. The molecule has 5 atom stereocenters. The number of carbonyl (C=O) groups is 4. The number of amides is 6. The van der Waals surface area contributed by atoms with Gasteiger partial charge in [0.15, 0.2) is 0 Å². The molecule has 73 heavy (non-hydrogen) atoms. The van der Waals surface area contributed by atoms with Gasteiger partial charge in [0.05, 0.1) is 11.4 Å². The van der Waals surface area contributed by atoms with Crippen LogP contribution in [0.2, 0.25) is 10.0 Å². The minimum atomic E-state index is -0.912. The molecule has 19 heteroatoms. The molecule has 3 fully saturated rings. The summed E-state index contributed by atoms with van der Waals surface area (Å²) in [7, 11) is 0. The number of nitrogens with two attached hydrogens (primary N) is 2. The predicted octanol–water partition coefficient (Wildman–Crippen LogP) is 11.3. The Morgan fingerprint density at radius 1 is 0.603 bits per heavy atom. The number of halogens is 6. The second-order valence-corrected chi connectivity index (χ2v) is 24.9. The predicted molar refractivity (Wildman–Crippen MR) is 297 cm³/mol. The topological polar surface area (TPSA) is 179 Å². The molecule has 5 N–H and O–H groups in total. The number of hydrogen-bond acceptors (Lipinski definition) is 7. The van der Waals surface area contributed by atoms with Gasteiger partial charge in [-0.05, 0) is 196 Å². The summed E-state index contributed by atoms with van der Waals surface area (Å²) in [6.45, 7) is 3.85. The number of allylic oxidation sites excluding steroid dienone is 1. The summed E-state index contributed by atoms with van der Waals surface area (Å²) in [6, 6.07) is 11.5. The van der Waals surface area contributed by atoms with Crippen molar-refractivity contribution in [1.82, 2.24) is 29.6 Å². The van der Waals surface area contributed by atoms with E-state index in [0.717, 1.165) is 110 Å². The molecule has 6 amide bonds. The molecule has 13 nitrogen and oxygen atoms in total. The van der Waals surface area contributed by atoms with E-state index in [-0.39, 0.29) is 35.5 Å². The van der Waals surface area contributed by atoms with Crippen LogP contribution >= 0.6 is 86.9 Å². The molecule has 2 aromatic carbocycles. The summed E-state index contributed by atoms with van der Waals surface area (Å²) >= 11 is 27.7. The maximum absolute atomic E-state index is 13.2. The van der Waals surface area contributed by atoms with E-state index >= 15 is 0 Å². The molecule has 388 valence electrons. The lowest BCUT2D eigenvalue weighted by molar-refractivity contribution is -0.135. The molecule has 6 aliphatic rings. The number of primary amides is 2. The Hall–Kier alpha value is -3.58. The number of aliphatic hydroxyl groups excluding tert-OH is 1. The zero-order valence-electron chi connectivity index (χ0n) is 40.4. The number of aryl methyl sites for hydroxylation is 4. The molecule has 4 aromatic rings. The van der Waals surface area contributed by atoms with Crippen LogP contribution in [-0.2, 0) is 35.3 Å². The molecule has 0 spiro atoms. The quantitative estimate of drug-likeness (QED) is 0.172. The number of likely N-dealkylation sites (tertiary alicyclic amines) is 3. The summed E-state index contributed by atoms with van der Waals surface area (Å²) in [4.78, 5) is 65.6. The first-order chi connectivity index (χ1) is 35.0. The fraction of sp³-hybridized carbons (Fsp3) is 0.481. The van der Waals surface area contributed by atoms with Gasteiger partial charge in [-0.3, -0.25) is 24.5 Å². The van der Waals surface area contributed by atoms with Crippen molar-refractivity contribution < 1.29 is 24.3 Å². The number of benzene rings is 2. The number of aromatic nitrogens is 2. The molecule has 3 unspecified atom stereocenters. The molecule has 2 aliphatic carbocycles. The Morgan fingerprint density at radius 2 is 1.08 bits per heavy atom. The highest BCUT2D eigenvalue weighted by molar-refractivity contribution is 9.11. The summed E-state index contributed by atoms with van der Waals surface area (Å²) in [5, 5.41) is 11.7. The van der Waals surface area contributed by atoms with Gasteiger partial charge in [-0.1, -0.05) is 61.1 Å². The van der Waals surface area contributed by atoms with Crippen molar-refractivity contribution >= 4 is 111 Å². The van der Waals surface area contributed by atoms with E-state index in [9.17, 15) is 24.3 Å². The number of piperidine rings is 3. The van der Waals surface area contributed by atoms with Crippen molar-refractivity contribution in [1.29, 1.82) is 0 Å². The highest BCUT2D eigenvalue weighted by Crippen LogP contribution is 2.48. The van der Waals surface area contributed by atoms with Gasteiger partial charge in [0.1, 0.15) is 6.23 Å². The molecule has 4 aliphatic heterocycles. The van der Waals surface area contributed by atoms with Gasteiger partial charge < -0.3 is 31.3 Å². The van der Waals surface area contributed by atoms with Crippen LogP contribution in [0, 0.1) is 23.7 Å². The third-order valence-electron chi connectivity index (χ3n) is 16.0. The van der Waals surface area contributed by atoms with E-state index in [2.05, 4.69) is 88.0 Å². The Morgan fingerprint density at radius 3 is 1.52 bits per heavy atom. The van der Waals surface area contributed by atoms with Crippen LogP contribution in [0.15, 0.2) is 79.0 Å². The number of hydrogen-bond donors (Lipinski definition) is 3. The maximum atomic E-state index is 13.2. The lowest BCUT2D eigenvalue weighted by atomic mass is 9.76. The molecule has 0 saturated carbocycles. The fourth-order valence-corrected chi connectivity index (χ4v) is 15.3. The maximum Gasteiger partial charge on any atom is 0.318 e. The highest BCUT2D eigenvalue weighted by Gasteiger charge is 2.39. The Kier molecular flexibility index (Phi) is 17.6. The van der Waals surface area contributed by atoms with Crippen LogP contribution in [0.4, 0.5) is 9.59 Å². The second kappa shape index (κ2) is 23.8. The van der Waals surface area contributed by atoms with Crippen molar-refractivity contribution in [3.05, 3.63) is 134 Å². The highest BCUT2D eigenvalue weighted by atomic mass is 79.9. The number of fused-ring (bicyclic) bond motifs is 4. The second-order valence-electron chi connectivity index (χ2n) is 20.4. The number of pyridine rings is 2. The fourth-order valence-electron chi connectivity index (χ4n) is 12.3. The van der Waals surface area contributed by atoms with E-state index in [0.29, 0.717) is 63.7 Å². The third kappa shape index (κ3) is 12.5. The zero-order valence-corrected chi connectivity index (χ0v) is 48.3. The molecule has 0 bridgehead atoms. The number of rotatable bonds is 6. The number of urea groups is 2. The van der Waals surface area contributed by atoms with Crippen LogP contribution < -0.4 is 11.5 Å². The average Bonchev–Trinajstić information content (AvgIpc) is 3.62. The van der Waals surface area contributed by atoms with E-state index in [1.54, 1.807) is 6.20 Å². The summed E-state index contributed by atoms with van der Waals surface area (Å²) in [5.41, 5.74) is 20.6. The lowest BCUT2D eigenvalue weighted by Crippen LogP contribution is -2.49. The van der Waals surface area contributed by atoms with E-state index in [1.165, 1.54) is 43.2 Å². The van der Waals surface area contributed by atoms with Gasteiger partial charge in [-0.25, -0.2) is 9.59 Å². The number of nitrogens with zero attached hydrogens (tertiary/aromatic N) is 6. The van der Waals surface area contributed by atoms with Crippen molar-refractivity contribution in [3.8, 4) is 0 Å². The van der Waals surface area contributed by atoms with Gasteiger partial charge in [0.25, 0.3) is 0 Å². The van der Waals surface area contributed by atoms with Crippen molar-refractivity contribution in [2.45, 2.75) is 102 Å². The van der Waals surface area contributed by atoms with E-state index in [4.69, 9.17) is 44.6 Å². The molecular weight excluding hydrogens is 1230 g/mol. The largest absolute Gasteiger partial charge is 0.373 e. The van der Waals surface area contributed by atoms with E-state index in [1.807, 2.05) is 40.4 Å². The first-order valence-corrected chi connectivity index (χ1v) is 29.2.